The van der Waals surface area contributed by atoms with Crippen LogP contribution in [0.2, 0.25) is 0 Å². The SMILES string of the molecule is Cc1cc(Br)cc(NC(=O)C(C)OCC2CCCCO2)c1N. The summed E-state index contributed by atoms with van der Waals surface area (Å²) >= 11 is 3.40. The van der Waals surface area contributed by atoms with E-state index in [2.05, 4.69) is 21.2 Å². The number of nitrogen functional groups attached to an aromatic ring is 1. The highest BCUT2D eigenvalue weighted by molar-refractivity contribution is 9.10. The fraction of sp³-hybridized carbons (Fsp3) is 0.562. The van der Waals surface area contributed by atoms with Gasteiger partial charge in [-0.25, -0.2) is 0 Å². The molecule has 0 spiro atoms. The summed E-state index contributed by atoms with van der Waals surface area (Å²) < 4.78 is 12.1. The predicted molar refractivity (Wildman–Crippen MR) is 90.9 cm³/mol. The Kier molecular flexibility index (Phi) is 6.23. The van der Waals surface area contributed by atoms with Crippen molar-refractivity contribution in [1.29, 1.82) is 0 Å². The van der Waals surface area contributed by atoms with Gasteiger partial charge in [-0.05, 0) is 50.8 Å². The maximum Gasteiger partial charge on any atom is 0.253 e. The van der Waals surface area contributed by atoms with Crippen molar-refractivity contribution in [2.24, 2.45) is 0 Å². The number of benzene rings is 1. The van der Waals surface area contributed by atoms with Crippen molar-refractivity contribution in [2.45, 2.75) is 45.3 Å². The third-order valence-corrected chi connectivity index (χ3v) is 4.24. The summed E-state index contributed by atoms with van der Waals surface area (Å²) in [6.45, 7) is 4.86. The van der Waals surface area contributed by atoms with Gasteiger partial charge in [0.25, 0.3) is 5.91 Å². The molecule has 1 saturated heterocycles. The first kappa shape index (κ1) is 17.2. The van der Waals surface area contributed by atoms with Crippen LogP contribution in [0.25, 0.3) is 0 Å². The van der Waals surface area contributed by atoms with Crippen LogP contribution in [0.4, 0.5) is 11.4 Å². The molecule has 1 fully saturated rings. The van der Waals surface area contributed by atoms with E-state index in [9.17, 15) is 4.79 Å². The highest BCUT2D eigenvalue weighted by atomic mass is 79.9. The summed E-state index contributed by atoms with van der Waals surface area (Å²) in [6, 6.07) is 3.70. The molecule has 0 radical (unpaired) electrons. The van der Waals surface area contributed by atoms with Crippen LogP contribution in [0.1, 0.15) is 31.7 Å². The molecule has 1 aromatic rings. The van der Waals surface area contributed by atoms with Crippen LogP contribution in [0.5, 0.6) is 0 Å². The van der Waals surface area contributed by atoms with E-state index in [0.717, 1.165) is 35.9 Å². The zero-order chi connectivity index (χ0) is 16.1. The summed E-state index contributed by atoms with van der Waals surface area (Å²) in [5.41, 5.74) is 8.07. The summed E-state index contributed by atoms with van der Waals surface area (Å²) in [5, 5.41) is 2.82. The Balaban J connectivity index is 1.88. The predicted octanol–water partition coefficient (Wildman–Crippen LogP) is 3.25. The molecule has 0 aliphatic carbocycles. The normalized spacial score (nSPS) is 19.7. The molecule has 1 amide bonds. The standard InChI is InChI=1S/C16H23BrN2O3/c1-10-7-12(17)8-14(15(10)18)19-16(20)11(2)22-9-13-5-3-4-6-21-13/h7-8,11,13H,3-6,9,18H2,1-2H3,(H,19,20). The van der Waals surface area contributed by atoms with Crippen LogP contribution >= 0.6 is 15.9 Å². The van der Waals surface area contributed by atoms with E-state index in [-0.39, 0.29) is 12.0 Å². The molecule has 1 aromatic carbocycles. The first-order valence-electron chi connectivity index (χ1n) is 7.57. The molecule has 1 heterocycles. The number of carbonyl (C=O) groups excluding carboxylic acids is 1. The lowest BCUT2D eigenvalue weighted by atomic mass is 10.1. The van der Waals surface area contributed by atoms with E-state index < -0.39 is 6.10 Å². The van der Waals surface area contributed by atoms with E-state index in [1.54, 1.807) is 13.0 Å². The number of rotatable bonds is 5. The highest BCUT2D eigenvalue weighted by Gasteiger charge is 2.19. The van der Waals surface area contributed by atoms with Crippen LogP contribution < -0.4 is 11.1 Å². The van der Waals surface area contributed by atoms with Crippen molar-refractivity contribution in [2.75, 3.05) is 24.3 Å². The van der Waals surface area contributed by atoms with Gasteiger partial charge in [-0.3, -0.25) is 4.79 Å². The number of nitrogens with one attached hydrogen (secondary N) is 1. The molecular weight excluding hydrogens is 348 g/mol. The van der Waals surface area contributed by atoms with Gasteiger partial charge < -0.3 is 20.5 Å². The summed E-state index contributed by atoms with van der Waals surface area (Å²) in [5.74, 6) is -0.208. The number of halogens is 1. The van der Waals surface area contributed by atoms with Gasteiger partial charge in [0.15, 0.2) is 0 Å². The molecule has 0 saturated carbocycles. The fourth-order valence-electron chi connectivity index (χ4n) is 2.36. The number of amides is 1. The van der Waals surface area contributed by atoms with Gasteiger partial charge in [0, 0.05) is 11.1 Å². The van der Waals surface area contributed by atoms with Crippen molar-refractivity contribution in [1.82, 2.24) is 0 Å². The molecule has 122 valence electrons. The van der Waals surface area contributed by atoms with Gasteiger partial charge in [0.2, 0.25) is 0 Å². The molecule has 5 nitrogen and oxygen atoms in total. The molecule has 3 N–H and O–H groups in total. The quantitative estimate of drug-likeness (QED) is 0.780. The van der Waals surface area contributed by atoms with E-state index in [0.29, 0.717) is 18.0 Å². The van der Waals surface area contributed by atoms with Gasteiger partial charge >= 0.3 is 0 Å². The molecule has 0 aromatic heterocycles. The topological polar surface area (TPSA) is 73.6 Å². The number of hydrogen-bond donors (Lipinski definition) is 2. The van der Waals surface area contributed by atoms with Gasteiger partial charge in [-0.1, -0.05) is 15.9 Å². The van der Waals surface area contributed by atoms with Crippen LogP contribution in [0.3, 0.4) is 0 Å². The second kappa shape index (κ2) is 7.94. The summed E-state index contributed by atoms with van der Waals surface area (Å²) in [7, 11) is 0. The van der Waals surface area contributed by atoms with Crippen LogP contribution in [0, 0.1) is 6.92 Å². The molecule has 2 atom stereocenters. The van der Waals surface area contributed by atoms with Gasteiger partial charge in [-0.15, -0.1) is 0 Å². The number of hydrogen-bond acceptors (Lipinski definition) is 4. The molecule has 1 aliphatic heterocycles. The smallest absolute Gasteiger partial charge is 0.253 e. The Labute approximate surface area is 139 Å². The van der Waals surface area contributed by atoms with E-state index >= 15 is 0 Å². The third kappa shape index (κ3) is 4.69. The lowest BCUT2D eigenvalue weighted by Crippen LogP contribution is -2.32. The Morgan fingerprint density at radius 3 is 3.00 bits per heavy atom. The summed E-state index contributed by atoms with van der Waals surface area (Å²) in [4.78, 5) is 12.2. The van der Waals surface area contributed by atoms with Crippen LogP contribution in [0.15, 0.2) is 16.6 Å². The number of aryl methyl sites for hydroxylation is 1. The number of ether oxygens (including phenoxy) is 2. The second-order valence-corrected chi connectivity index (χ2v) is 6.55. The number of nitrogens with two attached hydrogens (primary N) is 1. The molecule has 2 rings (SSSR count). The number of carbonyl (C=O) groups is 1. The minimum atomic E-state index is -0.552. The minimum Gasteiger partial charge on any atom is -0.397 e. The van der Waals surface area contributed by atoms with Crippen LogP contribution in [-0.4, -0.2) is 31.3 Å². The Morgan fingerprint density at radius 2 is 2.32 bits per heavy atom. The molecule has 0 bridgehead atoms. The maximum absolute atomic E-state index is 12.2. The lowest BCUT2D eigenvalue weighted by Gasteiger charge is -2.24. The molecular formula is C16H23BrN2O3. The van der Waals surface area contributed by atoms with Crippen molar-refractivity contribution in [3.8, 4) is 0 Å². The lowest BCUT2D eigenvalue weighted by molar-refractivity contribution is -0.130. The largest absolute Gasteiger partial charge is 0.397 e. The Hall–Kier alpha value is -1.11. The molecule has 22 heavy (non-hydrogen) atoms. The van der Waals surface area contributed by atoms with Crippen LogP contribution in [-0.2, 0) is 14.3 Å². The molecule has 6 heteroatoms. The van der Waals surface area contributed by atoms with E-state index in [4.69, 9.17) is 15.2 Å². The second-order valence-electron chi connectivity index (χ2n) is 5.64. The van der Waals surface area contributed by atoms with Crippen molar-refractivity contribution >= 4 is 33.2 Å². The van der Waals surface area contributed by atoms with E-state index in [1.807, 2.05) is 13.0 Å². The summed E-state index contributed by atoms with van der Waals surface area (Å²) in [6.07, 6.45) is 2.80. The average Bonchev–Trinajstić information content (AvgIpc) is 2.50. The van der Waals surface area contributed by atoms with Gasteiger partial charge in [0.1, 0.15) is 6.10 Å². The first-order chi connectivity index (χ1) is 10.5. The Bertz CT molecular complexity index is 530. The number of anilines is 2. The fourth-order valence-corrected chi connectivity index (χ4v) is 2.93. The average molecular weight is 371 g/mol. The van der Waals surface area contributed by atoms with E-state index in [1.165, 1.54) is 0 Å². The van der Waals surface area contributed by atoms with Crippen molar-refractivity contribution in [3.63, 3.8) is 0 Å². The minimum absolute atomic E-state index is 0.0992. The first-order valence-corrected chi connectivity index (χ1v) is 8.36. The third-order valence-electron chi connectivity index (χ3n) is 3.78. The van der Waals surface area contributed by atoms with Crippen molar-refractivity contribution in [3.05, 3.63) is 22.2 Å². The molecule has 2 unspecified atom stereocenters. The zero-order valence-electron chi connectivity index (χ0n) is 13.0. The molecule has 1 aliphatic rings. The van der Waals surface area contributed by atoms with Gasteiger partial charge in [-0.2, -0.15) is 0 Å². The zero-order valence-corrected chi connectivity index (χ0v) is 14.6. The van der Waals surface area contributed by atoms with Gasteiger partial charge in [0.05, 0.1) is 24.1 Å². The highest BCUT2D eigenvalue weighted by Crippen LogP contribution is 2.27. The maximum atomic E-state index is 12.2. The Morgan fingerprint density at radius 1 is 1.55 bits per heavy atom. The monoisotopic (exact) mass is 370 g/mol. The van der Waals surface area contributed by atoms with Crippen molar-refractivity contribution < 1.29 is 14.3 Å².